The number of benzene rings is 2. The summed E-state index contributed by atoms with van der Waals surface area (Å²) in [6.07, 6.45) is 4.01. The third-order valence-electron chi connectivity index (χ3n) is 6.63. The van der Waals surface area contributed by atoms with Crippen molar-refractivity contribution in [2.75, 3.05) is 36.0 Å². The zero-order valence-electron chi connectivity index (χ0n) is 15.5. The van der Waals surface area contributed by atoms with Crippen LogP contribution in [0.4, 0.5) is 15.8 Å². The van der Waals surface area contributed by atoms with Gasteiger partial charge in [-0.3, -0.25) is 4.79 Å². The van der Waals surface area contributed by atoms with E-state index in [0.717, 1.165) is 57.5 Å². The molecule has 27 heavy (non-hydrogen) atoms. The minimum absolute atomic E-state index is 0.186. The van der Waals surface area contributed by atoms with Crippen LogP contribution in [0, 0.1) is 17.7 Å². The van der Waals surface area contributed by atoms with Crippen molar-refractivity contribution in [1.29, 1.82) is 0 Å². The molecule has 3 nitrogen and oxygen atoms in total. The molecule has 2 fully saturated rings. The number of Topliss-reactive ketones (excluding diaryl/α,β-unsaturated/α-hetero) is 1. The first kappa shape index (κ1) is 16.8. The van der Waals surface area contributed by atoms with E-state index in [2.05, 4.69) is 28.0 Å². The van der Waals surface area contributed by atoms with Crippen molar-refractivity contribution < 1.29 is 9.18 Å². The van der Waals surface area contributed by atoms with Gasteiger partial charge in [0.05, 0.1) is 0 Å². The summed E-state index contributed by atoms with van der Waals surface area (Å²) >= 11 is 0. The lowest BCUT2D eigenvalue weighted by Gasteiger charge is -2.37. The standard InChI is InChI=1S/C23H25FN2O/c24-20-4-7-21(8-5-20)25-9-11-26(12-10-25)22-6-3-16-13-17-1-2-18(23(17)27)14-19(16)15-22/h3-8,15,17-18H,1-2,9-14H2. The van der Waals surface area contributed by atoms with Gasteiger partial charge in [-0.25, -0.2) is 4.39 Å². The predicted molar refractivity (Wildman–Crippen MR) is 106 cm³/mol. The van der Waals surface area contributed by atoms with Gasteiger partial charge in [-0.15, -0.1) is 0 Å². The van der Waals surface area contributed by atoms with Crippen molar-refractivity contribution in [3.63, 3.8) is 0 Å². The van der Waals surface area contributed by atoms with Crippen LogP contribution < -0.4 is 9.80 Å². The third kappa shape index (κ3) is 3.11. The van der Waals surface area contributed by atoms with Crippen molar-refractivity contribution >= 4 is 17.2 Å². The lowest BCUT2D eigenvalue weighted by atomic mass is 9.93. The van der Waals surface area contributed by atoms with E-state index in [1.165, 1.54) is 28.9 Å². The van der Waals surface area contributed by atoms with Gasteiger partial charge in [0, 0.05) is 49.4 Å². The highest BCUT2D eigenvalue weighted by atomic mass is 19.1. The Balaban J connectivity index is 1.30. The molecule has 1 saturated carbocycles. The molecule has 140 valence electrons. The smallest absolute Gasteiger partial charge is 0.139 e. The minimum atomic E-state index is -0.186. The summed E-state index contributed by atoms with van der Waals surface area (Å²) in [7, 11) is 0. The second kappa shape index (κ2) is 6.66. The molecule has 0 N–H and O–H groups in total. The summed E-state index contributed by atoms with van der Waals surface area (Å²) < 4.78 is 13.1. The van der Waals surface area contributed by atoms with E-state index in [0.29, 0.717) is 5.78 Å². The molecule has 0 amide bonds. The van der Waals surface area contributed by atoms with Crippen LogP contribution in [0.1, 0.15) is 24.0 Å². The van der Waals surface area contributed by atoms with Gasteiger partial charge in [-0.05, 0) is 73.2 Å². The molecule has 2 atom stereocenters. The molecule has 5 rings (SSSR count). The van der Waals surface area contributed by atoms with Gasteiger partial charge in [0.15, 0.2) is 0 Å². The number of hydrogen-bond donors (Lipinski definition) is 0. The Bertz CT molecular complexity index is 855. The number of rotatable bonds is 2. The molecule has 1 heterocycles. The Kier molecular flexibility index (Phi) is 4.14. The van der Waals surface area contributed by atoms with Crippen molar-refractivity contribution in [2.45, 2.75) is 25.7 Å². The van der Waals surface area contributed by atoms with Crippen molar-refractivity contribution in [3.8, 4) is 0 Å². The molecular formula is C23H25FN2O. The van der Waals surface area contributed by atoms with Gasteiger partial charge in [-0.2, -0.15) is 0 Å². The maximum absolute atomic E-state index is 13.1. The number of anilines is 2. The summed E-state index contributed by atoms with van der Waals surface area (Å²) in [4.78, 5) is 17.2. The summed E-state index contributed by atoms with van der Waals surface area (Å²) in [5.74, 6) is 0.832. The topological polar surface area (TPSA) is 23.6 Å². The molecule has 2 bridgehead atoms. The molecule has 0 aromatic heterocycles. The largest absolute Gasteiger partial charge is 0.368 e. The number of piperazine rings is 1. The molecule has 1 aliphatic heterocycles. The van der Waals surface area contributed by atoms with E-state index in [4.69, 9.17) is 0 Å². The fraction of sp³-hybridized carbons (Fsp3) is 0.435. The molecular weight excluding hydrogens is 339 g/mol. The lowest BCUT2D eigenvalue weighted by molar-refractivity contribution is -0.123. The maximum atomic E-state index is 13.1. The molecule has 2 aromatic carbocycles. The third-order valence-corrected chi connectivity index (χ3v) is 6.63. The molecule has 0 radical (unpaired) electrons. The Labute approximate surface area is 159 Å². The van der Waals surface area contributed by atoms with E-state index in [9.17, 15) is 9.18 Å². The fourth-order valence-corrected chi connectivity index (χ4v) is 5.03. The fourth-order valence-electron chi connectivity index (χ4n) is 5.03. The second-order valence-corrected chi connectivity index (χ2v) is 8.19. The number of fused-ring (bicyclic) bond motifs is 3. The second-order valence-electron chi connectivity index (χ2n) is 8.19. The maximum Gasteiger partial charge on any atom is 0.139 e. The van der Waals surface area contributed by atoms with E-state index in [1.807, 2.05) is 12.1 Å². The number of nitrogens with zero attached hydrogens (tertiary/aromatic N) is 2. The number of hydrogen-bond acceptors (Lipinski definition) is 3. The van der Waals surface area contributed by atoms with Gasteiger partial charge in [0.1, 0.15) is 11.6 Å². The van der Waals surface area contributed by atoms with Crippen LogP contribution in [-0.4, -0.2) is 32.0 Å². The van der Waals surface area contributed by atoms with Gasteiger partial charge < -0.3 is 9.80 Å². The Morgan fingerprint density at radius 3 is 1.96 bits per heavy atom. The van der Waals surface area contributed by atoms with Crippen LogP contribution in [-0.2, 0) is 17.6 Å². The van der Waals surface area contributed by atoms with Crippen LogP contribution in [0.5, 0.6) is 0 Å². The first-order valence-corrected chi connectivity index (χ1v) is 10.1. The Morgan fingerprint density at radius 1 is 0.741 bits per heavy atom. The number of carbonyl (C=O) groups excluding carboxylic acids is 1. The number of halogens is 1. The van der Waals surface area contributed by atoms with Gasteiger partial charge in [0.2, 0.25) is 0 Å². The zero-order valence-corrected chi connectivity index (χ0v) is 15.5. The highest BCUT2D eigenvalue weighted by Gasteiger charge is 2.37. The highest BCUT2D eigenvalue weighted by Crippen LogP contribution is 2.38. The van der Waals surface area contributed by atoms with Crippen LogP contribution in [0.2, 0.25) is 0 Å². The van der Waals surface area contributed by atoms with Gasteiger partial charge in [0.25, 0.3) is 0 Å². The van der Waals surface area contributed by atoms with Crippen LogP contribution >= 0.6 is 0 Å². The molecule has 2 aliphatic carbocycles. The molecule has 0 spiro atoms. The number of carbonyl (C=O) groups is 1. The summed E-state index contributed by atoms with van der Waals surface area (Å²) in [6.45, 7) is 3.79. The Morgan fingerprint density at radius 2 is 1.30 bits per heavy atom. The van der Waals surface area contributed by atoms with Crippen LogP contribution in [0.3, 0.4) is 0 Å². The van der Waals surface area contributed by atoms with E-state index < -0.39 is 0 Å². The van der Waals surface area contributed by atoms with E-state index in [1.54, 1.807) is 0 Å². The van der Waals surface area contributed by atoms with Crippen LogP contribution in [0.25, 0.3) is 0 Å². The van der Waals surface area contributed by atoms with Crippen molar-refractivity contribution in [2.24, 2.45) is 11.8 Å². The summed E-state index contributed by atoms with van der Waals surface area (Å²) in [5, 5.41) is 0. The average Bonchev–Trinajstić information content (AvgIpc) is 2.95. The molecule has 4 heteroatoms. The highest BCUT2D eigenvalue weighted by molar-refractivity contribution is 5.86. The summed E-state index contributed by atoms with van der Waals surface area (Å²) in [6, 6.07) is 13.6. The van der Waals surface area contributed by atoms with Crippen LogP contribution in [0.15, 0.2) is 42.5 Å². The molecule has 2 unspecified atom stereocenters. The van der Waals surface area contributed by atoms with Gasteiger partial charge >= 0.3 is 0 Å². The lowest BCUT2D eigenvalue weighted by Crippen LogP contribution is -2.46. The normalized spacial score (nSPS) is 24.7. The Hall–Kier alpha value is -2.36. The molecule has 3 aliphatic rings. The molecule has 2 aromatic rings. The zero-order chi connectivity index (χ0) is 18.4. The van der Waals surface area contributed by atoms with Gasteiger partial charge in [-0.1, -0.05) is 6.07 Å². The molecule has 1 saturated heterocycles. The first-order chi connectivity index (χ1) is 13.2. The average molecular weight is 364 g/mol. The van der Waals surface area contributed by atoms with Crippen molar-refractivity contribution in [3.05, 3.63) is 59.4 Å². The van der Waals surface area contributed by atoms with E-state index in [-0.39, 0.29) is 17.7 Å². The minimum Gasteiger partial charge on any atom is -0.368 e. The predicted octanol–water partition coefficient (Wildman–Crippen LogP) is 3.85. The van der Waals surface area contributed by atoms with Crippen molar-refractivity contribution in [1.82, 2.24) is 0 Å². The SMILES string of the molecule is O=C1C2CCC1Cc1cc(N3CCN(c4ccc(F)cc4)CC3)ccc1C2. The summed E-state index contributed by atoms with van der Waals surface area (Å²) in [5.41, 5.74) is 5.13. The van der Waals surface area contributed by atoms with E-state index >= 15 is 0 Å². The quantitative estimate of drug-likeness (QED) is 0.809. The monoisotopic (exact) mass is 364 g/mol. The number of ketones is 1. The first-order valence-electron chi connectivity index (χ1n) is 10.1.